The number of nitrogens with one attached hydrogen (secondary N) is 1. The molecule has 1 N–H and O–H groups in total. The molecule has 2 aliphatic rings. The first-order valence-electron chi connectivity index (χ1n) is 13.0. The quantitative estimate of drug-likeness (QED) is 0.378. The molecular weight excluding hydrogens is 483 g/mol. The fourth-order valence-electron chi connectivity index (χ4n) is 5.42. The minimum Gasteiger partial charge on any atom is -0.493 e. The number of nitriles is 1. The highest BCUT2D eigenvalue weighted by atomic mass is 19.1. The minimum atomic E-state index is -0.315. The molecule has 1 aliphatic carbocycles. The Labute approximate surface area is 221 Å². The smallest absolute Gasteiger partial charge is 0.305 e. The zero-order valence-electron chi connectivity index (χ0n) is 21.3. The number of benzene rings is 3. The maximum Gasteiger partial charge on any atom is 0.305 e. The Morgan fingerprint density at radius 1 is 1.13 bits per heavy atom. The average Bonchev–Trinajstić information content (AvgIpc) is 3.64. The lowest BCUT2D eigenvalue weighted by Crippen LogP contribution is -2.27. The van der Waals surface area contributed by atoms with Gasteiger partial charge in [0.05, 0.1) is 24.8 Å². The van der Waals surface area contributed by atoms with Gasteiger partial charge in [0.15, 0.2) is 0 Å². The molecule has 0 unspecified atom stereocenters. The van der Waals surface area contributed by atoms with Gasteiger partial charge in [-0.2, -0.15) is 5.26 Å². The standard InChI is InChI=1S/C31H29FN2O4/c1-2-37-29(35)5-3-4-22-7-6-20(19-33)16-27(22)34-30(36)26-18-31(26)14-15-38-28-13-10-23(17-25(28)31)21-8-11-24(32)12-9-21/h6-13,16-17,26H,2-5,14-15,18H2,1H3,(H,34,36)/t26-,31-/m0/s1. The van der Waals surface area contributed by atoms with Crippen molar-refractivity contribution in [2.45, 2.75) is 44.4 Å². The van der Waals surface area contributed by atoms with Crippen LogP contribution in [0, 0.1) is 23.1 Å². The molecule has 1 aliphatic heterocycles. The third-order valence-electron chi connectivity index (χ3n) is 7.52. The van der Waals surface area contributed by atoms with Crippen molar-refractivity contribution in [3.8, 4) is 22.9 Å². The van der Waals surface area contributed by atoms with Gasteiger partial charge in [-0.1, -0.05) is 24.3 Å². The number of amides is 1. The third-order valence-corrected chi connectivity index (χ3v) is 7.52. The van der Waals surface area contributed by atoms with Crippen molar-refractivity contribution < 1.29 is 23.5 Å². The van der Waals surface area contributed by atoms with E-state index in [0.717, 1.165) is 34.4 Å². The normalized spacial score (nSPS) is 19.1. The van der Waals surface area contributed by atoms with Crippen LogP contribution in [0.3, 0.4) is 0 Å². The summed E-state index contributed by atoms with van der Waals surface area (Å²) in [6.07, 6.45) is 2.89. The van der Waals surface area contributed by atoms with E-state index in [-0.39, 0.29) is 29.0 Å². The number of carbonyl (C=O) groups excluding carboxylic acids is 2. The monoisotopic (exact) mass is 512 g/mol. The topological polar surface area (TPSA) is 88.4 Å². The van der Waals surface area contributed by atoms with Crippen LogP contribution >= 0.6 is 0 Å². The second-order valence-electron chi connectivity index (χ2n) is 9.86. The van der Waals surface area contributed by atoms with Crippen LogP contribution in [0.2, 0.25) is 0 Å². The van der Waals surface area contributed by atoms with Gasteiger partial charge in [0.1, 0.15) is 11.6 Å². The molecule has 3 aromatic carbocycles. The number of fused-ring (bicyclic) bond motifs is 2. The van der Waals surface area contributed by atoms with Gasteiger partial charge in [-0.05, 0) is 85.7 Å². The van der Waals surface area contributed by atoms with Gasteiger partial charge >= 0.3 is 5.97 Å². The first-order valence-corrected chi connectivity index (χ1v) is 13.0. The van der Waals surface area contributed by atoms with Gasteiger partial charge in [-0.15, -0.1) is 0 Å². The number of rotatable bonds is 8. The van der Waals surface area contributed by atoms with E-state index in [0.29, 0.717) is 50.1 Å². The Morgan fingerprint density at radius 2 is 1.92 bits per heavy atom. The van der Waals surface area contributed by atoms with Crippen LogP contribution in [0.15, 0.2) is 60.7 Å². The van der Waals surface area contributed by atoms with Crippen LogP contribution in [0.1, 0.15) is 49.3 Å². The number of hydrogen-bond acceptors (Lipinski definition) is 5. The lowest BCUT2D eigenvalue weighted by atomic mass is 9.85. The van der Waals surface area contributed by atoms with E-state index in [2.05, 4.69) is 17.5 Å². The van der Waals surface area contributed by atoms with E-state index in [1.165, 1.54) is 12.1 Å². The first kappa shape index (κ1) is 25.5. The van der Waals surface area contributed by atoms with E-state index in [1.807, 2.05) is 18.2 Å². The number of carbonyl (C=O) groups is 2. The number of aryl methyl sites for hydroxylation is 1. The maximum absolute atomic E-state index is 13.5. The van der Waals surface area contributed by atoms with Gasteiger partial charge in [-0.25, -0.2) is 4.39 Å². The SMILES string of the molecule is CCOC(=O)CCCc1ccc(C#N)cc1NC(=O)[C@@H]1C[C@]12CCOc1ccc(-c3ccc(F)cc3)cc12. The highest BCUT2D eigenvalue weighted by Crippen LogP contribution is 2.61. The van der Waals surface area contributed by atoms with E-state index in [4.69, 9.17) is 9.47 Å². The van der Waals surface area contributed by atoms with Crippen LogP contribution in [0.25, 0.3) is 11.1 Å². The first-order chi connectivity index (χ1) is 18.4. The van der Waals surface area contributed by atoms with Crippen molar-refractivity contribution in [1.82, 2.24) is 0 Å². The fourth-order valence-corrected chi connectivity index (χ4v) is 5.42. The molecule has 1 spiro atoms. The number of esters is 1. The van der Waals surface area contributed by atoms with E-state index >= 15 is 0 Å². The molecule has 1 amide bonds. The van der Waals surface area contributed by atoms with Crippen molar-refractivity contribution in [2.24, 2.45) is 5.92 Å². The van der Waals surface area contributed by atoms with Crippen LogP contribution in [0.4, 0.5) is 10.1 Å². The molecule has 0 radical (unpaired) electrons. The van der Waals surface area contributed by atoms with E-state index < -0.39 is 0 Å². The Balaban J connectivity index is 1.35. The summed E-state index contributed by atoms with van der Waals surface area (Å²) in [5.41, 5.74) is 4.48. The molecule has 7 heteroatoms. The Kier molecular flexibility index (Phi) is 7.15. The molecule has 0 aromatic heterocycles. The Morgan fingerprint density at radius 3 is 2.68 bits per heavy atom. The van der Waals surface area contributed by atoms with Gasteiger partial charge in [0, 0.05) is 29.0 Å². The molecule has 1 saturated carbocycles. The molecule has 1 fully saturated rings. The maximum atomic E-state index is 13.5. The summed E-state index contributed by atoms with van der Waals surface area (Å²) in [5, 5.41) is 12.5. The van der Waals surface area contributed by atoms with Gasteiger partial charge in [0.25, 0.3) is 0 Å². The summed E-state index contributed by atoms with van der Waals surface area (Å²) < 4.78 is 24.4. The molecule has 0 bridgehead atoms. The number of halogens is 1. The van der Waals surface area contributed by atoms with E-state index in [1.54, 1.807) is 31.2 Å². The predicted octanol–water partition coefficient (Wildman–Crippen LogP) is 5.93. The molecule has 38 heavy (non-hydrogen) atoms. The highest BCUT2D eigenvalue weighted by molar-refractivity contribution is 5.97. The average molecular weight is 513 g/mol. The summed E-state index contributed by atoms with van der Waals surface area (Å²) in [5.74, 6) is -0.0712. The second kappa shape index (κ2) is 10.7. The molecule has 194 valence electrons. The van der Waals surface area contributed by atoms with Crippen molar-refractivity contribution in [2.75, 3.05) is 18.5 Å². The van der Waals surface area contributed by atoms with Crippen LogP contribution < -0.4 is 10.1 Å². The number of hydrogen-bond donors (Lipinski definition) is 1. The molecule has 1 heterocycles. The summed E-state index contributed by atoms with van der Waals surface area (Å²) in [4.78, 5) is 25.3. The van der Waals surface area contributed by atoms with Gasteiger partial charge in [-0.3, -0.25) is 9.59 Å². The number of ether oxygens (including phenoxy) is 2. The minimum absolute atomic E-state index is 0.0910. The molecule has 3 aromatic rings. The van der Waals surface area contributed by atoms with Gasteiger partial charge in [0.2, 0.25) is 5.91 Å². The van der Waals surface area contributed by atoms with Crippen molar-refractivity contribution in [3.05, 3.63) is 83.2 Å². The Bertz CT molecular complexity index is 1410. The fraction of sp³-hybridized carbons (Fsp3) is 0.323. The molecular formula is C31H29FN2O4. The molecule has 5 rings (SSSR count). The lowest BCUT2D eigenvalue weighted by Gasteiger charge is -2.27. The zero-order valence-corrected chi connectivity index (χ0v) is 21.3. The van der Waals surface area contributed by atoms with Crippen molar-refractivity contribution in [3.63, 3.8) is 0 Å². The van der Waals surface area contributed by atoms with Crippen LogP contribution in [-0.2, 0) is 26.2 Å². The lowest BCUT2D eigenvalue weighted by molar-refractivity contribution is -0.143. The largest absolute Gasteiger partial charge is 0.493 e. The van der Waals surface area contributed by atoms with Crippen LogP contribution in [0.5, 0.6) is 5.75 Å². The summed E-state index contributed by atoms with van der Waals surface area (Å²) in [6, 6.07) is 19.7. The number of nitrogens with zero attached hydrogens (tertiary/aromatic N) is 1. The third kappa shape index (κ3) is 5.12. The second-order valence-corrected chi connectivity index (χ2v) is 9.86. The summed E-state index contributed by atoms with van der Waals surface area (Å²) in [7, 11) is 0. The molecule has 6 nitrogen and oxygen atoms in total. The van der Waals surface area contributed by atoms with Crippen molar-refractivity contribution >= 4 is 17.6 Å². The van der Waals surface area contributed by atoms with Gasteiger partial charge < -0.3 is 14.8 Å². The van der Waals surface area contributed by atoms with Crippen molar-refractivity contribution in [1.29, 1.82) is 5.26 Å². The summed E-state index contributed by atoms with van der Waals surface area (Å²) >= 11 is 0. The predicted molar refractivity (Wildman–Crippen MR) is 141 cm³/mol. The van der Waals surface area contributed by atoms with Crippen LogP contribution in [-0.4, -0.2) is 25.1 Å². The Hall–Kier alpha value is -4.18. The molecule has 2 atom stereocenters. The number of anilines is 1. The molecule has 0 saturated heterocycles. The summed E-state index contributed by atoms with van der Waals surface area (Å²) in [6.45, 7) is 2.66. The zero-order chi connectivity index (χ0) is 26.7. The highest BCUT2D eigenvalue weighted by Gasteiger charge is 2.61. The van der Waals surface area contributed by atoms with E-state index in [9.17, 15) is 19.2 Å².